The number of carbonyl (C=O) groups is 2. The maximum absolute atomic E-state index is 13.2. The van der Waals surface area contributed by atoms with Crippen molar-refractivity contribution in [2.75, 3.05) is 6.54 Å². The van der Waals surface area contributed by atoms with Gasteiger partial charge in [-0.15, -0.1) is 0 Å². The van der Waals surface area contributed by atoms with Gasteiger partial charge >= 0.3 is 0 Å². The number of nitrogens with zero attached hydrogens (tertiary/aromatic N) is 1. The van der Waals surface area contributed by atoms with E-state index in [1.54, 1.807) is 17.0 Å². The molecule has 1 N–H and O–H groups in total. The first-order valence-electron chi connectivity index (χ1n) is 9.73. The summed E-state index contributed by atoms with van der Waals surface area (Å²) in [6.45, 7) is 8.56. The van der Waals surface area contributed by atoms with Crippen molar-refractivity contribution < 1.29 is 14.0 Å². The Morgan fingerprint density at radius 3 is 2.21 bits per heavy atom. The van der Waals surface area contributed by atoms with Gasteiger partial charge in [-0.05, 0) is 61.6 Å². The third kappa shape index (κ3) is 5.65. The predicted octanol–water partition coefficient (Wildman–Crippen LogP) is 3.93. The second-order valence-electron chi connectivity index (χ2n) is 7.06. The second-order valence-corrected chi connectivity index (χ2v) is 7.06. The van der Waals surface area contributed by atoms with E-state index < -0.39 is 6.04 Å². The van der Waals surface area contributed by atoms with Gasteiger partial charge in [0.25, 0.3) is 0 Å². The summed E-state index contributed by atoms with van der Waals surface area (Å²) in [5.41, 5.74) is 4.01. The van der Waals surface area contributed by atoms with Gasteiger partial charge in [-0.25, -0.2) is 4.39 Å². The zero-order valence-electron chi connectivity index (χ0n) is 17.1. The van der Waals surface area contributed by atoms with E-state index in [1.165, 1.54) is 17.7 Å². The van der Waals surface area contributed by atoms with Crippen LogP contribution in [0, 0.1) is 19.7 Å². The van der Waals surface area contributed by atoms with E-state index in [-0.39, 0.29) is 30.6 Å². The maximum atomic E-state index is 13.2. The lowest BCUT2D eigenvalue weighted by molar-refractivity contribution is -0.140. The first-order chi connectivity index (χ1) is 13.3. The molecule has 0 spiro atoms. The molecule has 2 rings (SSSR count). The van der Waals surface area contributed by atoms with E-state index in [0.29, 0.717) is 13.0 Å². The van der Waals surface area contributed by atoms with Gasteiger partial charge in [0.1, 0.15) is 11.9 Å². The van der Waals surface area contributed by atoms with E-state index in [1.807, 2.05) is 45.9 Å². The smallest absolute Gasteiger partial charge is 0.242 e. The lowest BCUT2D eigenvalue weighted by atomic mass is 10.0. The minimum absolute atomic E-state index is 0.120. The number of hydrogen-bond donors (Lipinski definition) is 1. The fourth-order valence-corrected chi connectivity index (χ4v) is 3.19. The van der Waals surface area contributed by atoms with Crippen LogP contribution in [0.2, 0.25) is 0 Å². The summed E-state index contributed by atoms with van der Waals surface area (Å²) in [4.78, 5) is 27.3. The highest BCUT2D eigenvalue weighted by Gasteiger charge is 2.28. The van der Waals surface area contributed by atoms with Crippen molar-refractivity contribution in [2.45, 2.75) is 53.1 Å². The number of halogens is 1. The molecule has 0 saturated carbocycles. The molecule has 28 heavy (non-hydrogen) atoms. The van der Waals surface area contributed by atoms with Crippen LogP contribution in [0.25, 0.3) is 0 Å². The lowest BCUT2D eigenvalue weighted by Crippen LogP contribution is -2.49. The Labute approximate surface area is 166 Å². The lowest BCUT2D eigenvalue weighted by Gasteiger charge is -2.30. The van der Waals surface area contributed by atoms with Crippen molar-refractivity contribution in [3.8, 4) is 0 Å². The van der Waals surface area contributed by atoms with Crippen LogP contribution < -0.4 is 5.32 Å². The van der Waals surface area contributed by atoms with Crippen molar-refractivity contribution in [3.05, 3.63) is 70.5 Å². The van der Waals surface area contributed by atoms with Crippen molar-refractivity contribution >= 4 is 11.8 Å². The molecule has 0 aliphatic heterocycles. The minimum Gasteiger partial charge on any atom is -0.355 e. The van der Waals surface area contributed by atoms with Crippen LogP contribution in [0.1, 0.15) is 42.5 Å². The van der Waals surface area contributed by atoms with Gasteiger partial charge in [0.15, 0.2) is 0 Å². The fourth-order valence-electron chi connectivity index (χ4n) is 3.19. The quantitative estimate of drug-likeness (QED) is 0.750. The summed E-state index contributed by atoms with van der Waals surface area (Å²) in [5.74, 6) is -0.612. The van der Waals surface area contributed by atoms with Gasteiger partial charge in [-0.1, -0.05) is 37.3 Å². The fraction of sp³-hybridized carbons (Fsp3) is 0.391. The van der Waals surface area contributed by atoms with Crippen molar-refractivity contribution in [2.24, 2.45) is 0 Å². The molecule has 0 aliphatic carbocycles. The van der Waals surface area contributed by atoms with Crippen LogP contribution in [-0.2, 0) is 22.6 Å². The van der Waals surface area contributed by atoms with Crippen molar-refractivity contribution in [3.63, 3.8) is 0 Å². The topological polar surface area (TPSA) is 49.4 Å². The molecule has 150 valence electrons. The summed E-state index contributed by atoms with van der Waals surface area (Å²) < 4.78 is 13.2. The van der Waals surface area contributed by atoms with Gasteiger partial charge < -0.3 is 10.2 Å². The molecule has 2 aromatic rings. The van der Waals surface area contributed by atoms with Gasteiger partial charge in [0.2, 0.25) is 11.8 Å². The number of benzene rings is 2. The molecule has 0 radical (unpaired) electrons. The van der Waals surface area contributed by atoms with Crippen molar-refractivity contribution in [1.29, 1.82) is 0 Å². The van der Waals surface area contributed by atoms with Gasteiger partial charge in [0.05, 0.1) is 6.42 Å². The molecule has 0 saturated heterocycles. The van der Waals surface area contributed by atoms with Crippen LogP contribution in [-0.4, -0.2) is 29.3 Å². The molecule has 0 fully saturated rings. The summed E-state index contributed by atoms with van der Waals surface area (Å²) in [6.07, 6.45) is 0.726. The van der Waals surface area contributed by atoms with E-state index in [0.717, 1.165) is 16.7 Å². The van der Waals surface area contributed by atoms with Gasteiger partial charge in [0, 0.05) is 13.1 Å². The Hall–Kier alpha value is -2.69. The number of amides is 2. The molecular weight excluding hydrogens is 355 g/mol. The third-order valence-electron chi connectivity index (χ3n) is 4.93. The molecular formula is C23H29FN2O2. The Morgan fingerprint density at radius 1 is 1.00 bits per heavy atom. The number of nitrogens with one attached hydrogen (secondary N) is 1. The molecule has 0 heterocycles. The van der Waals surface area contributed by atoms with E-state index >= 15 is 0 Å². The summed E-state index contributed by atoms with van der Waals surface area (Å²) in [5, 5.41) is 2.81. The highest BCUT2D eigenvalue weighted by atomic mass is 19.1. The summed E-state index contributed by atoms with van der Waals surface area (Å²) in [6, 6.07) is 11.4. The number of aryl methyl sites for hydroxylation is 2. The van der Waals surface area contributed by atoms with Gasteiger partial charge in [-0.2, -0.15) is 0 Å². The first-order valence-corrected chi connectivity index (χ1v) is 9.73. The Bertz CT molecular complexity index is 818. The van der Waals surface area contributed by atoms with Crippen LogP contribution >= 0.6 is 0 Å². The van der Waals surface area contributed by atoms with E-state index in [4.69, 9.17) is 0 Å². The van der Waals surface area contributed by atoms with Crippen molar-refractivity contribution in [1.82, 2.24) is 10.2 Å². The highest BCUT2D eigenvalue weighted by Crippen LogP contribution is 2.17. The van der Waals surface area contributed by atoms with Crippen LogP contribution in [0.3, 0.4) is 0 Å². The number of hydrogen-bond acceptors (Lipinski definition) is 2. The minimum atomic E-state index is -0.566. The average Bonchev–Trinajstić information content (AvgIpc) is 2.66. The third-order valence-corrected chi connectivity index (χ3v) is 4.93. The molecule has 4 nitrogen and oxygen atoms in total. The summed E-state index contributed by atoms with van der Waals surface area (Å²) >= 11 is 0. The first kappa shape index (κ1) is 21.6. The van der Waals surface area contributed by atoms with Gasteiger partial charge in [-0.3, -0.25) is 9.59 Å². The standard InChI is InChI=1S/C23H29FN2O2/c1-5-21(23(28)25-6-2)26(15-18-9-11-20(24)12-10-18)22(27)14-19-8-7-16(3)17(4)13-19/h7-13,21H,5-6,14-15H2,1-4H3,(H,25,28). The monoisotopic (exact) mass is 384 g/mol. The number of likely N-dealkylation sites (N-methyl/N-ethyl adjacent to an activating group) is 1. The van der Waals surface area contributed by atoms with Crippen LogP contribution in [0.4, 0.5) is 4.39 Å². The second kappa shape index (κ2) is 10.0. The van der Waals surface area contributed by atoms with Crippen LogP contribution in [0.15, 0.2) is 42.5 Å². The molecule has 2 amide bonds. The summed E-state index contributed by atoms with van der Waals surface area (Å²) in [7, 11) is 0. The molecule has 0 bridgehead atoms. The largest absolute Gasteiger partial charge is 0.355 e. The molecule has 1 unspecified atom stereocenters. The molecule has 0 aromatic heterocycles. The maximum Gasteiger partial charge on any atom is 0.242 e. The molecule has 2 aromatic carbocycles. The molecule has 5 heteroatoms. The highest BCUT2D eigenvalue weighted by molar-refractivity contribution is 5.88. The molecule has 1 atom stereocenters. The SMILES string of the molecule is CCNC(=O)C(CC)N(Cc1ccc(F)cc1)C(=O)Cc1ccc(C)c(C)c1. The number of rotatable bonds is 8. The van der Waals surface area contributed by atoms with Crippen LogP contribution in [0.5, 0.6) is 0 Å². The van der Waals surface area contributed by atoms with E-state index in [2.05, 4.69) is 5.32 Å². The Morgan fingerprint density at radius 2 is 1.64 bits per heavy atom. The average molecular weight is 384 g/mol. The predicted molar refractivity (Wildman–Crippen MR) is 109 cm³/mol. The normalized spacial score (nSPS) is 11.8. The number of carbonyl (C=O) groups excluding carboxylic acids is 2. The zero-order chi connectivity index (χ0) is 20.7. The Kier molecular flexibility index (Phi) is 7.73. The van der Waals surface area contributed by atoms with E-state index in [9.17, 15) is 14.0 Å². The molecule has 0 aliphatic rings. The zero-order valence-corrected chi connectivity index (χ0v) is 17.1. The Balaban J connectivity index is 2.28.